The molecule has 1 aliphatic rings. The number of hydrogen-bond donors (Lipinski definition) is 1. The van der Waals surface area contributed by atoms with Crippen LogP contribution in [0.5, 0.6) is 5.75 Å². The molecule has 1 heterocycles. The molecule has 0 unspecified atom stereocenters. The van der Waals surface area contributed by atoms with E-state index in [-0.39, 0.29) is 16.6 Å². The molecular weight excluding hydrogens is 392 g/mol. The Balaban J connectivity index is 1.98. The van der Waals surface area contributed by atoms with Crippen molar-refractivity contribution in [3.63, 3.8) is 0 Å². The third-order valence-corrected chi connectivity index (χ3v) is 6.03. The summed E-state index contributed by atoms with van der Waals surface area (Å²) >= 11 is 0. The predicted molar refractivity (Wildman–Crippen MR) is 112 cm³/mol. The lowest BCUT2D eigenvalue weighted by molar-refractivity contribution is 0.0377. The van der Waals surface area contributed by atoms with Crippen molar-refractivity contribution in [2.75, 3.05) is 29.8 Å². The first-order valence-corrected chi connectivity index (χ1v) is 11.1. The summed E-state index contributed by atoms with van der Waals surface area (Å²) in [4.78, 5) is 14.4. The van der Waals surface area contributed by atoms with Gasteiger partial charge in [0.25, 0.3) is 10.0 Å². The number of nitrogens with zero attached hydrogens (tertiary/aromatic N) is 1. The fraction of sp³-hybridized carbons (Fsp3) is 0.381. The fourth-order valence-corrected chi connectivity index (χ4v) is 4.54. The van der Waals surface area contributed by atoms with E-state index in [9.17, 15) is 13.2 Å². The lowest BCUT2D eigenvalue weighted by atomic mass is 10.2. The molecule has 0 aromatic heterocycles. The smallest absolute Gasteiger partial charge is 0.338 e. The highest BCUT2D eigenvalue weighted by Crippen LogP contribution is 2.31. The molecule has 29 heavy (non-hydrogen) atoms. The van der Waals surface area contributed by atoms with Crippen molar-refractivity contribution in [1.29, 1.82) is 0 Å². The Morgan fingerprint density at radius 3 is 2.31 bits per heavy atom. The second kappa shape index (κ2) is 8.73. The number of sulfonamides is 1. The Kier molecular flexibility index (Phi) is 6.32. The maximum Gasteiger partial charge on any atom is 0.338 e. The minimum Gasteiger partial charge on any atom is -0.497 e. The zero-order valence-electron chi connectivity index (χ0n) is 16.8. The van der Waals surface area contributed by atoms with Crippen LogP contribution in [-0.4, -0.2) is 40.7 Å². The van der Waals surface area contributed by atoms with Gasteiger partial charge in [0, 0.05) is 18.8 Å². The molecule has 0 atom stereocenters. The quantitative estimate of drug-likeness (QED) is 0.691. The maximum atomic E-state index is 13.2. The summed E-state index contributed by atoms with van der Waals surface area (Å²) in [5.41, 5.74) is 1.20. The fourth-order valence-electron chi connectivity index (χ4n) is 3.23. The Labute approximate surface area is 171 Å². The van der Waals surface area contributed by atoms with Gasteiger partial charge in [-0.2, -0.15) is 0 Å². The van der Waals surface area contributed by atoms with Crippen molar-refractivity contribution in [3.05, 3.63) is 48.0 Å². The summed E-state index contributed by atoms with van der Waals surface area (Å²) in [6, 6.07) is 11.3. The maximum absolute atomic E-state index is 13.2. The van der Waals surface area contributed by atoms with Gasteiger partial charge < -0.3 is 14.4 Å². The number of rotatable bonds is 7. The van der Waals surface area contributed by atoms with Gasteiger partial charge in [0.1, 0.15) is 10.6 Å². The number of carbonyl (C=O) groups excluding carboxylic acids is 1. The first-order chi connectivity index (χ1) is 13.8. The minimum absolute atomic E-state index is 0.0634. The van der Waals surface area contributed by atoms with E-state index in [1.54, 1.807) is 57.4 Å². The van der Waals surface area contributed by atoms with Gasteiger partial charge in [0.15, 0.2) is 0 Å². The van der Waals surface area contributed by atoms with E-state index in [0.717, 1.165) is 25.9 Å². The third-order valence-electron chi connectivity index (χ3n) is 4.62. The molecule has 7 nitrogen and oxygen atoms in total. The number of methoxy groups -OCH3 is 1. The van der Waals surface area contributed by atoms with Crippen LogP contribution in [0.15, 0.2) is 47.4 Å². The van der Waals surface area contributed by atoms with Crippen LogP contribution in [0.3, 0.4) is 0 Å². The molecule has 0 saturated carbocycles. The summed E-state index contributed by atoms with van der Waals surface area (Å²) in [6.07, 6.45) is 1.71. The van der Waals surface area contributed by atoms with E-state index in [2.05, 4.69) is 4.72 Å². The summed E-state index contributed by atoms with van der Waals surface area (Å²) in [7, 11) is -2.38. The molecular formula is C21H26N2O5S. The monoisotopic (exact) mass is 418 g/mol. The molecule has 2 aromatic carbocycles. The molecule has 1 N–H and O–H groups in total. The standard InChI is InChI=1S/C21H26N2O5S/c1-15(2)28-21(24)16-6-11-19(23-12-4-5-13-23)20(14-16)29(25,26)22-17-7-9-18(27-3)10-8-17/h6-11,14-15,22H,4-5,12-13H2,1-3H3. The average Bonchev–Trinajstić information content (AvgIpc) is 3.22. The molecule has 0 aliphatic carbocycles. The van der Waals surface area contributed by atoms with E-state index in [0.29, 0.717) is 17.1 Å². The van der Waals surface area contributed by atoms with Crippen LogP contribution in [0.1, 0.15) is 37.0 Å². The van der Waals surface area contributed by atoms with E-state index < -0.39 is 16.0 Å². The number of anilines is 2. The molecule has 3 rings (SSSR count). The zero-order valence-corrected chi connectivity index (χ0v) is 17.7. The van der Waals surface area contributed by atoms with Crippen LogP contribution >= 0.6 is 0 Å². The van der Waals surface area contributed by atoms with Gasteiger partial charge in [0.05, 0.1) is 24.5 Å². The number of esters is 1. The Hall–Kier alpha value is -2.74. The van der Waals surface area contributed by atoms with E-state index >= 15 is 0 Å². The summed E-state index contributed by atoms with van der Waals surface area (Å²) in [5, 5.41) is 0. The van der Waals surface area contributed by atoms with Gasteiger partial charge >= 0.3 is 5.97 Å². The van der Waals surface area contributed by atoms with E-state index in [4.69, 9.17) is 9.47 Å². The van der Waals surface area contributed by atoms with Crippen LogP contribution in [0, 0.1) is 0 Å². The molecule has 2 aromatic rings. The van der Waals surface area contributed by atoms with Crippen molar-refractivity contribution in [3.8, 4) is 5.75 Å². The van der Waals surface area contributed by atoms with Crippen molar-refractivity contribution >= 4 is 27.4 Å². The minimum atomic E-state index is -3.93. The first kappa shape index (κ1) is 21.0. The summed E-state index contributed by atoms with van der Waals surface area (Å²) < 4.78 is 39.4. The van der Waals surface area contributed by atoms with Crippen LogP contribution in [-0.2, 0) is 14.8 Å². The number of benzene rings is 2. The molecule has 0 bridgehead atoms. The van der Waals surface area contributed by atoms with Crippen LogP contribution in [0.4, 0.5) is 11.4 Å². The lowest BCUT2D eigenvalue weighted by Crippen LogP contribution is -2.23. The highest BCUT2D eigenvalue weighted by molar-refractivity contribution is 7.92. The molecule has 1 fully saturated rings. The van der Waals surface area contributed by atoms with Gasteiger partial charge in [-0.05, 0) is 69.2 Å². The average molecular weight is 419 g/mol. The lowest BCUT2D eigenvalue weighted by Gasteiger charge is -2.22. The van der Waals surface area contributed by atoms with E-state index in [1.165, 1.54) is 6.07 Å². The number of nitrogens with one attached hydrogen (secondary N) is 1. The Bertz CT molecular complexity index is 965. The number of hydrogen-bond acceptors (Lipinski definition) is 6. The van der Waals surface area contributed by atoms with Crippen molar-refractivity contribution in [2.45, 2.75) is 37.7 Å². The van der Waals surface area contributed by atoms with Crippen molar-refractivity contribution in [2.24, 2.45) is 0 Å². The number of ether oxygens (including phenoxy) is 2. The zero-order chi connectivity index (χ0) is 21.0. The molecule has 0 spiro atoms. The normalized spacial score (nSPS) is 14.1. The second-order valence-electron chi connectivity index (χ2n) is 7.16. The Morgan fingerprint density at radius 1 is 1.07 bits per heavy atom. The highest BCUT2D eigenvalue weighted by atomic mass is 32.2. The van der Waals surface area contributed by atoms with Crippen LogP contribution < -0.4 is 14.4 Å². The first-order valence-electron chi connectivity index (χ1n) is 9.57. The van der Waals surface area contributed by atoms with E-state index in [1.807, 2.05) is 4.90 Å². The van der Waals surface area contributed by atoms with Gasteiger partial charge in [-0.15, -0.1) is 0 Å². The van der Waals surface area contributed by atoms with Crippen LogP contribution in [0.2, 0.25) is 0 Å². The Morgan fingerprint density at radius 2 is 1.72 bits per heavy atom. The second-order valence-corrected chi connectivity index (χ2v) is 8.82. The molecule has 8 heteroatoms. The molecule has 1 saturated heterocycles. The summed E-state index contributed by atoms with van der Waals surface area (Å²) in [5.74, 6) is 0.0815. The van der Waals surface area contributed by atoms with Crippen molar-refractivity contribution < 1.29 is 22.7 Å². The molecule has 1 aliphatic heterocycles. The summed E-state index contributed by atoms with van der Waals surface area (Å²) in [6.45, 7) is 5.06. The van der Waals surface area contributed by atoms with Gasteiger partial charge in [-0.3, -0.25) is 4.72 Å². The van der Waals surface area contributed by atoms with Crippen molar-refractivity contribution in [1.82, 2.24) is 0 Å². The van der Waals surface area contributed by atoms with Gasteiger partial charge in [-0.25, -0.2) is 13.2 Å². The van der Waals surface area contributed by atoms with Crippen LogP contribution in [0.25, 0.3) is 0 Å². The van der Waals surface area contributed by atoms with Gasteiger partial charge in [-0.1, -0.05) is 0 Å². The van der Waals surface area contributed by atoms with Gasteiger partial charge in [0.2, 0.25) is 0 Å². The topological polar surface area (TPSA) is 84.9 Å². The molecule has 0 radical (unpaired) electrons. The SMILES string of the molecule is COc1ccc(NS(=O)(=O)c2cc(C(=O)OC(C)C)ccc2N2CCCC2)cc1. The highest BCUT2D eigenvalue weighted by Gasteiger charge is 2.26. The largest absolute Gasteiger partial charge is 0.497 e. The number of carbonyl (C=O) groups is 1. The molecule has 156 valence electrons. The molecule has 0 amide bonds. The predicted octanol–water partition coefficient (Wildman–Crippen LogP) is 3.66. The third kappa shape index (κ3) is 5.00.